The van der Waals surface area contributed by atoms with E-state index in [1.54, 1.807) is 7.05 Å². The zero-order valence-corrected chi connectivity index (χ0v) is 10.5. The molecule has 0 bridgehead atoms. The molecule has 0 spiro atoms. The smallest absolute Gasteiger partial charge is 0.251 e. The van der Waals surface area contributed by atoms with E-state index < -0.39 is 0 Å². The number of rotatable bonds is 3. The van der Waals surface area contributed by atoms with Crippen LogP contribution in [0.25, 0.3) is 0 Å². The molecule has 2 nitrogen and oxygen atoms in total. The number of carbonyl (C=O) groups is 1. The topological polar surface area (TPSA) is 29.1 Å². The van der Waals surface area contributed by atoms with Crippen molar-refractivity contribution in [2.24, 2.45) is 5.92 Å². The number of benzene rings is 1. The Morgan fingerprint density at radius 1 is 1.24 bits per heavy atom. The zero-order chi connectivity index (χ0) is 12.1. The van der Waals surface area contributed by atoms with Gasteiger partial charge in [0.2, 0.25) is 0 Å². The Kier molecular flexibility index (Phi) is 4.18. The molecule has 1 N–H and O–H groups in total. The molecule has 17 heavy (non-hydrogen) atoms. The van der Waals surface area contributed by atoms with E-state index in [0.717, 1.165) is 17.9 Å². The maximum Gasteiger partial charge on any atom is 0.251 e. The highest BCUT2D eigenvalue weighted by molar-refractivity contribution is 5.95. The largest absolute Gasteiger partial charge is 0.355 e. The van der Waals surface area contributed by atoms with E-state index >= 15 is 0 Å². The molecule has 0 unspecified atom stereocenters. The molecule has 0 heterocycles. The molecule has 1 aliphatic rings. The van der Waals surface area contributed by atoms with Crippen molar-refractivity contribution in [2.75, 3.05) is 7.05 Å². The number of nitrogens with one attached hydrogen (secondary N) is 1. The van der Waals surface area contributed by atoms with Crippen LogP contribution in [0.1, 0.15) is 48.0 Å². The molecule has 2 rings (SSSR count). The molecule has 1 aliphatic carbocycles. The summed E-state index contributed by atoms with van der Waals surface area (Å²) in [7, 11) is 1.69. The number of hydrogen-bond acceptors (Lipinski definition) is 1. The van der Waals surface area contributed by atoms with E-state index in [4.69, 9.17) is 0 Å². The lowest BCUT2D eigenvalue weighted by atomic mass is 9.84. The maximum absolute atomic E-state index is 11.8. The van der Waals surface area contributed by atoms with E-state index in [1.165, 1.54) is 37.7 Å². The van der Waals surface area contributed by atoms with E-state index in [9.17, 15) is 4.79 Å². The molecule has 0 saturated heterocycles. The van der Waals surface area contributed by atoms with Crippen molar-refractivity contribution >= 4 is 5.91 Å². The van der Waals surface area contributed by atoms with Crippen LogP contribution < -0.4 is 5.32 Å². The second kappa shape index (κ2) is 5.85. The average Bonchev–Trinajstić information content (AvgIpc) is 2.40. The zero-order valence-electron chi connectivity index (χ0n) is 10.5. The molecule has 2 heteroatoms. The Hall–Kier alpha value is -1.31. The molecule has 1 amide bonds. The molecule has 1 aromatic carbocycles. The summed E-state index contributed by atoms with van der Waals surface area (Å²) in [5.74, 6) is 0.811. The van der Waals surface area contributed by atoms with Gasteiger partial charge >= 0.3 is 0 Å². The van der Waals surface area contributed by atoms with Crippen LogP contribution in [0.5, 0.6) is 0 Å². The Bertz CT molecular complexity index is 380. The van der Waals surface area contributed by atoms with Crippen LogP contribution in [0.2, 0.25) is 0 Å². The standard InChI is InChI=1S/C15H21NO/c1-16-15(17)14-10-6-5-9-13(14)11-12-7-3-2-4-8-12/h5-6,9-10,12H,2-4,7-8,11H2,1H3,(H,16,17). The molecule has 1 fully saturated rings. The van der Waals surface area contributed by atoms with E-state index in [1.807, 2.05) is 18.2 Å². The van der Waals surface area contributed by atoms with Gasteiger partial charge in [0.15, 0.2) is 0 Å². The van der Waals surface area contributed by atoms with Crippen molar-refractivity contribution in [3.8, 4) is 0 Å². The number of carbonyl (C=O) groups excluding carboxylic acids is 1. The molecule has 0 atom stereocenters. The minimum absolute atomic E-state index is 0.0383. The van der Waals surface area contributed by atoms with Gasteiger partial charge in [-0.15, -0.1) is 0 Å². The van der Waals surface area contributed by atoms with Gasteiger partial charge in [-0.05, 0) is 24.0 Å². The van der Waals surface area contributed by atoms with Crippen molar-refractivity contribution in [1.82, 2.24) is 5.32 Å². The third-order valence-corrected chi connectivity index (χ3v) is 3.72. The third-order valence-electron chi connectivity index (χ3n) is 3.72. The number of amides is 1. The van der Waals surface area contributed by atoms with Crippen molar-refractivity contribution < 1.29 is 4.79 Å². The molecule has 1 aromatic rings. The first-order valence-corrected chi connectivity index (χ1v) is 6.61. The van der Waals surface area contributed by atoms with Crippen LogP contribution in [0.15, 0.2) is 24.3 Å². The normalized spacial score (nSPS) is 16.8. The summed E-state index contributed by atoms with van der Waals surface area (Å²) in [6.07, 6.45) is 7.79. The highest BCUT2D eigenvalue weighted by atomic mass is 16.1. The molecule has 0 aromatic heterocycles. The summed E-state index contributed by atoms with van der Waals surface area (Å²) in [6, 6.07) is 8.00. The Morgan fingerprint density at radius 3 is 2.65 bits per heavy atom. The van der Waals surface area contributed by atoms with Crippen LogP contribution >= 0.6 is 0 Å². The minimum Gasteiger partial charge on any atom is -0.355 e. The summed E-state index contributed by atoms with van der Waals surface area (Å²) in [6.45, 7) is 0. The predicted octanol–water partition coefficient (Wildman–Crippen LogP) is 3.17. The average molecular weight is 231 g/mol. The van der Waals surface area contributed by atoms with Crippen LogP contribution in [-0.4, -0.2) is 13.0 Å². The van der Waals surface area contributed by atoms with Gasteiger partial charge in [-0.25, -0.2) is 0 Å². The Balaban J connectivity index is 2.11. The third kappa shape index (κ3) is 3.09. The monoisotopic (exact) mass is 231 g/mol. The quantitative estimate of drug-likeness (QED) is 0.850. The van der Waals surface area contributed by atoms with E-state index in [-0.39, 0.29) is 5.91 Å². The second-order valence-corrected chi connectivity index (χ2v) is 4.94. The summed E-state index contributed by atoms with van der Waals surface area (Å²) in [4.78, 5) is 11.8. The number of hydrogen-bond donors (Lipinski definition) is 1. The van der Waals surface area contributed by atoms with Crippen LogP contribution in [0.4, 0.5) is 0 Å². The van der Waals surface area contributed by atoms with Gasteiger partial charge in [-0.1, -0.05) is 50.3 Å². The highest BCUT2D eigenvalue weighted by Gasteiger charge is 2.17. The molecule has 92 valence electrons. The fraction of sp³-hybridized carbons (Fsp3) is 0.533. The summed E-state index contributed by atoms with van der Waals surface area (Å²) in [5, 5.41) is 2.72. The van der Waals surface area contributed by atoms with Gasteiger partial charge in [-0.2, -0.15) is 0 Å². The van der Waals surface area contributed by atoms with Gasteiger partial charge in [0.05, 0.1) is 0 Å². The van der Waals surface area contributed by atoms with E-state index in [0.29, 0.717) is 0 Å². The fourth-order valence-corrected chi connectivity index (χ4v) is 2.76. The van der Waals surface area contributed by atoms with Gasteiger partial charge in [-0.3, -0.25) is 4.79 Å². The van der Waals surface area contributed by atoms with Crippen molar-refractivity contribution in [3.63, 3.8) is 0 Å². The lowest BCUT2D eigenvalue weighted by molar-refractivity contribution is 0.0962. The second-order valence-electron chi connectivity index (χ2n) is 4.94. The Morgan fingerprint density at radius 2 is 1.94 bits per heavy atom. The summed E-state index contributed by atoms with van der Waals surface area (Å²) < 4.78 is 0. The highest BCUT2D eigenvalue weighted by Crippen LogP contribution is 2.27. The van der Waals surface area contributed by atoms with Gasteiger partial charge < -0.3 is 5.32 Å². The first-order valence-electron chi connectivity index (χ1n) is 6.61. The Labute approximate surface area is 103 Å². The van der Waals surface area contributed by atoms with E-state index in [2.05, 4.69) is 11.4 Å². The lowest BCUT2D eigenvalue weighted by Gasteiger charge is -2.22. The molecular formula is C15H21NO. The maximum atomic E-state index is 11.8. The minimum atomic E-state index is 0.0383. The molecule has 0 radical (unpaired) electrons. The van der Waals surface area contributed by atoms with Crippen LogP contribution in [0, 0.1) is 5.92 Å². The SMILES string of the molecule is CNC(=O)c1ccccc1CC1CCCCC1. The van der Waals surface area contributed by atoms with Crippen LogP contribution in [-0.2, 0) is 6.42 Å². The molecular weight excluding hydrogens is 210 g/mol. The summed E-state index contributed by atoms with van der Waals surface area (Å²) >= 11 is 0. The summed E-state index contributed by atoms with van der Waals surface area (Å²) in [5.41, 5.74) is 2.05. The van der Waals surface area contributed by atoms with Gasteiger partial charge in [0.1, 0.15) is 0 Å². The predicted molar refractivity (Wildman–Crippen MR) is 70.1 cm³/mol. The first kappa shape index (κ1) is 12.2. The first-order chi connectivity index (χ1) is 8.31. The van der Waals surface area contributed by atoms with Gasteiger partial charge in [0, 0.05) is 12.6 Å². The van der Waals surface area contributed by atoms with Crippen LogP contribution in [0.3, 0.4) is 0 Å². The van der Waals surface area contributed by atoms with Crippen molar-refractivity contribution in [3.05, 3.63) is 35.4 Å². The molecule has 0 aliphatic heterocycles. The van der Waals surface area contributed by atoms with Crippen molar-refractivity contribution in [2.45, 2.75) is 38.5 Å². The van der Waals surface area contributed by atoms with Gasteiger partial charge in [0.25, 0.3) is 5.91 Å². The van der Waals surface area contributed by atoms with Crippen molar-refractivity contribution in [1.29, 1.82) is 0 Å². The lowest BCUT2D eigenvalue weighted by Crippen LogP contribution is -2.20. The molecule has 1 saturated carbocycles. The fourth-order valence-electron chi connectivity index (χ4n) is 2.76.